The Morgan fingerprint density at radius 1 is 1.30 bits per heavy atom. The minimum absolute atomic E-state index is 0.260. The maximum absolute atomic E-state index is 13.5. The third-order valence-electron chi connectivity index (χ3n) is 2.96. The molecule has 2 aromatic rings. The van der Waals surface area contributed by atoms with Crippen LogP contribution in [0.5, 0.6) is 5.75 Å². The van der Waals surface area contributed by atoms with E-state index >= 15 is 0 Å². The first kappa shape index (κ1) is 14.9. The molecule has 0 spiro atoms. The molecular weight excluding hydrogens is 370 g/mol. The van der Waals surface area contributed by atoms with Crippen molar-refractivity contribution in [3.63, 3.8) is 0 Å². The molecule has 3 N–H and O–H groups in total. The minimum atomic E-state index is -0.260. The highest BCUT2D eigenvalue weighted by Crippen LogP contribution is 2.24. The van der Waals surface area contributed by atoms with Crippen molar-refractivity contribution in [3.05, 3.63) is 51.3 Å². The number of rotatable bonds is 5. The van der Waals surface area contributed by atoms with Crippen molar-refractivity contribution < 1.29 is 9.13 Å². The zero-order valence-corrected chi connectivity index (χ0v) is 13.3. The van der Waals surface area contributed by atoms with Gasteiger partial charge in [0.25, 0.3) is 0 Å². The molecule has 0 unspecified atom stereocenters. The summed E-state index contributed by atoms with van der Waals surface area (Å²) in [4.78, 5) is 0. The monoisotopic (exact) mass is 386 g/mol. The van der Waals surface area contributed by atoms with E-state index in [1.807, 2.05) is 46.9 Å². The van der Waals surface area contributed by atoms with Gasteiger partial charge in [0, 0.05) is 12.6 Å². The lowest BCUT2D eigenvalue weighted by molar-refractivity contribution is 0.414. The summed E-state index contributed by atoms with van der Waals surface area (Å²) in [6, 6.07) is 10.9. The Morgan fingerprint density at radius 3 is 2.85 bits per heavy atom. The van der Waals surface area contributed by atoms with Crippen LogP contribution in [-0.2, 0) is 6.42 Å². The van der Waals surface area contributed by atoms with E-state index in [-0.39, 0.29) is 5.82 Å². The number of benzene rings is 2. The van der Waals surface area contributed by atoms with Crippen LogP contribution in [0.4, 0.5) is 15.8 Å². The molecule has 0 saturated carbocycles. The molecule has 0 aliphatic heterocycles. The first-order chi connectivity index (χ1) is 9.60. The summed E-state index contributed by atoms with van der Waals surface area (Å²) >= 11 is 1.92. The van der Waals surface area contributed by atoms with Crippen molar-refractivity contribution in [2.75, 3.05) is 24.7 Å². The Hall–Kier alpha value is -1.50. The lowest BCUT2D eigenvalue weighted by Crippen LogP contribution is -2.07. The predicted molar refractivity (Wildman–Crippen MR) is 88.7 cm³/mol. The van der Waals surface area contributed by atoms with Crippen molar-refractivity contribution in [3.8, 4) is 5.75 Å². The van der Waals surface area contributed by atoms with Crippen LogP contribution in [0.3, 0.4) is 0 Å². The van der Waals surface area contributed by atoms with Gasteiger partial charge in [-0.1, -0.05) is 12.1 Å². The number of hydrogen-bond acceptors (Lipinski definition) is 3. The molecule has 20 heavy (non-hydrogen) atoms. The van der Waals surface area contributed by atoms with Crippen molar-refractivity contribution in [2.45, 2.75) is 6.42 Å². The maximum Gasteiger partial charge on any atom is 0.138 e. The van der Waals surface area contributed by atoms with Crippen LogP contribution in [0, 0.1) is 9.39 Å². The highest BCUT2D eigenvalue weighted by atomic mass is 127. The quantitative estimate of drug-likeness (QED) is 0.609. The molecule has 0 fully saturated rings. The third kappa shape index (κ3) is 3.75. The van der Waals surface area contributed by atoms with E-state index in [1.165, 1.54) is 6.07 Å². The van der Waals surface area contributed by atoms with Gasteiger partial charge in [-0.15, -0.1) is 0 Å². The van der Waals surface area contributed by atoms with Crippen LogP contribution in [0.2, 0.25) is 0 Å². The lowest BCUT2D eigenvalue weighted by atomic mass is 10.1. The first-order valence-electron chi connectivity index (χ1n) is 6.21. The fraction of sp³-hybridized carbons (Fsp3) is 0.200. The summed E-state index contributed by atoms with van der Waals surface area (Å²) < 4.78 is 19.2. The third-order valence-corrected chi connectivity index (χ3v) is 3.78. The average molecular weight is 386 g/mol. The average Bonchev–Trinajstić information content (AvgIpc) is 2.44. The Balaban J connectivity index is 1.97. The van der Waals surface area contributed by atoms with Gasteiger partial charge in [0.15, 0.2) is 0 Å². The summed E-state index contributed by atoms with van der Waals surface area (Å²) in [7, 11) is 1.65. The second-order valence-electron chi connectivity index (χ2n) is 4.38. The number of methoxy groups -OCH3 is 1. The van der Waals surface area contributed by atoms with Gasteiger partial charge in [-0.25, -0.2) is 4.39 Å². The Labute approximate surface area is 131 Å². The van der Waals surface area contributed by atoms with E-state index in [0.717, 1.165) is 17.7 Å². The molecule has 5 heteroatoms. The van der Waals surface area contributed by atoms with Crippen molar-refractivity contribution in [2.24, 2.45) is 0 Å². The highest BCUT2D eigenvalue weighted by molar-refractivity contribution is 14.1. The number of ether oxygens (including phenoxy) is 1. The normalized spacial score (nSPS) is 10.3. The number of nitrogens with two attached hydrogens (primary N) is 1. The smallest absolute Gasteiger partial charge is 0.138 e. The minimum Gasteiger partial charge on any atom is -0.497 e. The van der Waals surface area contributed by atoms with E-state index in [2.05, 4.69) is 5.32 Å². The van der Waals surface area contributed by atoms with Gasteiger partial charge in [-0.3, -0.25) is 0 Å². The zero-order valence-electron chi connectivity index (χ0n) is 11.1. The Kier molecular flexibility index (Phi) is 5.05. The molecule has 0 aliphatic rings. The fourth-order valence-corrected chi connectivity index (χ4v) is 2.38. The largest absolute Gasteiger partial charge is 0.497 e. The predicted octanol–water partition coefficient (Wildman–Crippen LogP) is 3.68. The number of hydrogen-bond donors (Lipinski definition) is 2. The number of halogens is 2. The molecule has 0 bridgehead atoms. The topological polar surface area (TPSA) is 47.3 Å². The maximum atomic E-state index is 13.5. The summed E-state index contributed by atoms with van der Waals surface area (Å²) in [6.07, 6.45) is 0.810. The van der Waals surface area contributed by atoms with E-state index in [0.29, 0.717) is 21.5 Å². The molecular formula is C15H16FIN2O. The lowest BCUT2D eigenvalue weighted by Gasteiger charge is -2.11. The molecule has 0 radical (unpaired) electrons. The van der Waals surface area contributed by atoms with Gasteiger partial charge in [0.05, 0.1) is 22.1 Å². The van der Waals surface area contributed by atoms with Crippen molar-refractivity contribution in [1.29, 1.82) is 0 Å². The van der Waals surface area contributed by atoms with Gasteiger partial charge < -0.3 is 15.8 Å². The summed E-state index contributed by atoms with van der Waals surface area (Å²) in [6.45, 7) is 0.678. The molecule has 0 heterocycles. The highest BCUT2D eigenvalue weighted by Gasteiger charge is 2.05. The molecule has 2 rings (SSSR count). The molecule has 0 amide bonds. The van der Waals surface area contributed by atoms with Crippen molar-refractivity contribution >= 4 is 34.0 Å². The SMILES string of the molecule is COc1cccc(CCNc2cc(F)c(I)cc2N)c1. The van der Waals surface area contributed by atoms with Crippen LogP contribution < -0.4 is 15.8 Å². The van der Waals surface area contributed by atoms with Gasteiger partial charge in [0.2, 0.25) is 0 Å². The van der Waals surface area contributed by atoms with Crippen LogP contribution in [0.1, 0.15) is 5.56 Å². The fourth-order valence-electron chi connectivity index (χ4n) is 1.88. The molecule has 0 aliphatic carbocycles. The van der Waals surface area contributed by atoms with Gasteiger partial charge in [0.1, 0.15) is 11.6 Å². The molecule has 0 saturated heterocycles. The van der Waals surface area contributed by atoms with Crippen LogP contribution in [0.15, 0.2) is 36.4 Å². The van der Waals surface area contributed by atoms with Crippen LogP contribution >= 0.6 is 22.6 Å². The molecule has 106 valence electrons. The summed E-state index contributed by atoms with van der Waals surface area (Å²) in [5.41, 5.74) is 8.20. The Bertz CT molecular complexity index is 604. The van der Waals surface area contributed by atoms with E-state index in [9.17, 15) is 4.39 Å². The number of nitrogens with one attached hydrogen (secondary N) is 1. The standard InChI is InChI=1S/C15H16FIN2O/c1-20-11-4-2-3-10(7-11)5-6-19-15-8-12(16)13(17)9-14(15)18/h2-4,7-9,19H,5-6,18H2,1H3. The first-order valence-corrected chi connectivity index (χ1v) is 7.29. The van der Waals surface area contributed by atoms with Gasteiger partial charge in [-0.05, 0) is 52.8 Å². The summed E-state index contributed by atoms with van der Waals surface area (Å²) in [5, 5.41) is 3.16. The number of nitrogen functional groups attached to an aromatic ring is 1. The van der Waals surface area contributed by atoms with Gasteiger partial charge >= 0.3 is 0 Å². The van der Waals surface area contributed by atoms with Gasteiger partial charge in [-0.2, -0.15) is 0 Å². The zero-order chi connectivity index (χ0) is 14.5. The van der Waals surface area contributed by atoms with Crippen molar-refractivity contribution in [1.82, 2.24) is 0 Å². The molecule has 3 nitrogen and oxygen atoms in total. The molecule has 2 aromatic carbocycles. The van der Waals surface area contributed by atoms with Crippen LogP contribution in [-0.4, -0.2) is 13.7 Å². The van der Waals surface area contributed by atoms with E-state index < -0.39 is 0 Å². The second kappa shape index (κ2) is 6.78. The Morgan fingerprint density at radius 2 is 2.10 bits per heavy atom. The molecule has 0 aromatic heterocycles. The number of anilines is 2. The molecule has 0 atom stereocenters. The van der Waals surface area contributed by atoms with E-state index in [4.69, 9.17) is 10.5 Å². The van der Waals surface area contributed by atoms with Crippen LogP contribution in [0.25, 0.3) is 0 Å². The van der Waals surface area contributed by atoms with E-state index in [1.54, 1.807) is 13.2 Å². The summed E-state index contributed by atoms with van der Waals surface area (Å²) in [5.74, 6) is 0.575. The second-order valence-corrected chi connectivity index (χ2v) is 5.54.